The minimum absolute atomic E-state index is 0.368. The Morgan fingerprint density at radius 3 is 2.92 bits per heavy atom. The summed E-state index contributed by atoms with van der Waals surface area (Å²) in [5, 5.41) is 2.56. The van der Waals surface area contributed by atoms with E-state index in [2.05, 4.69) is 10.1 Å². The molecule has 1 rings (SSSR count). The number of alkyl carbamates (subject to hydrolysis) is 1. The molecule has 1 heterocycles. The van der Waals surface area contributed by atoms with Gasteiger partial charge in [-0.2, -0.15) is 0 Å². The van der Waals surface area contributed by atoms with Crippen molar-refractivity contribution >= 4 is 6.09 Å². The topological polar surface area (TPSA) is 51.5 Å². The van der Waals surface area contributed by atoms with Crippen molar-refractivity contribution in [1.82, 2.24) is 5.32 Å². The summed E-state index contributed by atoms with van der Waals surface area (Å²) in [4.78, 5) is 10.8. The molecule has 1 aromatic heterocycles. The van der Waals surface area contributed by atoms with Crippen LogP contribution < -0.4 is 5.32 Å². The molecule has 0 aliphatic heterocycles. The van der Waals surface area contributed by atoms with Gasteiger partial charge in [-0.3, -0.25) is 0 Å². The third-order valence-electron chi connectivity index (χ3n) is 1.48. The van der Waals surface area contributed by atoms with E-state index in [1.807, 2.05) is 19.1 Å². The summed E-state index contributed by atoms with van der Waals surface area (Å²) in [6, 6.07) is 3.67. The number of rotatable bonds is 3. The molecule has 0 bridgehead atoms. The number of aryl methyl sites for hydroxylation is 1. The molecule has 0 unspecified atom stereocenters. The number of carbonyl (C=O) groups excluding carboxylic acids is 1. The van der Waals surface area contributed by atoms with Crippen LogP contribution in [0, 0.1) is 6.92 Å². The summed E-state index contributed by atoms with van der Waals surface area (Å²) in [5.41, 5.74) is 0. The van der Waals surface area contributed by atoms with Crippen molar-refractivity contribution in [2.45, 2.75) is 20.4 Å². The first-order valence-corrected chi connectivity index (χ1v) is 4.18. The van der Waals surface area contributed by atoms with Gasteiger partial charge in [0.05, 0.1) is 13.2 Å². The van der Waals surface area contributed by atoms with Gasteiger partial charge in [0.25, 0.3) is 0 Å². The molecule has 4 heteroatoms. The Bertz CT molecular complexity index is 280. The zero-order valence-electron chi connectivity index (χ0n) is 7.79. The standard InChI is InChI=1S/C9H13NO3/c1-3-12-9(11)10-6-8-5-4-7(2)13-8/h4-5H,3,6H2,1-2H3,(H,10,11). The molecule has 0 saturated carbocycles. The summed E-state index contributed by atoms with van der Waals surface area (Å²) >= 11 is 0. The van der Waals surface area contributed by atoms with Crippen LogP contribution in [0.2, 0.25) is 0 Å². The monoisotopic (exact) mass is 183 g/mol. The molecule has 0 atom stereocenters. The summed E-state index contributed by atoms with van der Waals surface area (Å²) in [6.07, 6.45) is -0.420. The maximum absolute atomic E-state index is 10.8. The third-order valence-corrected chi connectivity index (χ3v) is 1.48. The molecule has 1 amide bonds. The van der Waals surface area contributed by atoms with Crippen molar-refractivity contribution in [2.75, 3.05) is 6.61 Å². The van der Waals surface area contributed by atoms with Gasteiger partial charge in [-0.1, -0.05) is 0 Å². The molecule has 72 valence electrons. The summed E-state index contributed by atoms with van der Waals surface area (Å²) in [7, 11) is 0. The highest BCUT2D eigenvalue weighted by atomic mass is 16.5. The van der Waals surface area contributed by atoms with Crippen LogP contribution in [-0.2, 0) is 11.3 Å². The molecule has 1 N–H and O–H groups in total. The summed E-state index contributed by atoms with van der Waals surface area (Å²) < 4.78 is 9.92. The Balaban J connectivity index is 2.30. The predicted octanol–water partition coefficient (Wildman–Crippen LogP) is 1.83. The SMILES string of the molecule is CCOC(=O)NCc1ccc(C)o1. The van der Waals surface area contributed by atoms with E-state index in [0.29, 0.717) is 13.2 Å². The van der Waals surface area contributed by atoms with Crippen molar-refractivity contribution < 1.29 is 13.9 Å². The van der Waals surface area contributed by atoms with Gasteiger partial charge in [0.1, 0.15) is 11.5 Å². The predicted molar refractivity (Wildman–Crippen MR) is 47.3 cm³/mol. The van der Waals surface area contributed by atoms with Gasteiger partial charge >= 0.3 is 6.09 Å². The van der Waals surface area contributed by atoms with Crippen LogP contribution >= 0.6 is 0 Å². The average molecular weight is 183 g/mol. The molecule has 1 aromatic rings. The normalized spacial score (nSPS) is 9.69. The fourth-order valence-corrected chi connectivity index (χ4v) is 0.922. The number of hydrogen-bond donors (Lipinski definition) is 1. The smallest absolute Gasteiger partial charge is 0.407 e. The maximum Gasteiger partial charge on any atom is 0.407 e. The van der Waals surface area contributed by atoms with Gasteiger partial charge in [0, 0.05) is 0 Å². The van der Waals surface area contributed by atoms with E-state index in [-0.39, 0.29) is 0 Å². The van der Waals surface area contributed by atoms with Crippen LogP contribution in [0.25, 0.3) is 0 Å². The van der Waals surface area contributed by atoms with Gasteiger partial charge < -0.3 is 14.5 Å². The number of furan rings is 1. The molecule has 0 aliphatic carbocycles. The average Bonchev–Trinajstić information content (AvgIpc) is 2.49. The van der Waals surface area contributed by atoms with E-state index < -0.39 is 6.09 Å². The quantitative estimate of drug-likeness (QED) is 0.777. The molecule has 13 heavy (non-hydrogen) atoms. The molecule has 0 aliphatic rings. The Kier molecular flexibility index (Phi) is 3.37. The fourth-order valence-electron chi connectivity index (χ4n) is 0.922. The van der Waals surface area contributed by atoms with E-state index in [1.165, 1.54) is 0 Å². The Morgan fingerprint density at radius 1 is 1.62 bits per heavy atom. The van der Waals surface area contributed by atoms with Crippen LogP contribution in [0.1, 0.15) is 18.4 Å². The lowest BCUT2D eigenvalue weighted by Crippen LogP contribution is -2.23. The molecule has 4 nitrogen and oxygen atoms in total. The van der Waals surface area contributed by atoms with Gasteiger partial charge in [-0.15, -0.1) is 0 Å². The number of carbonyl (C=O) groups is 1. The molecule has 0 radical (unpaired) electrons. The zero-order valence-corrected chi connectivity index (χ0v) is 7.79. The second-order valence-corrected chi connectivity index (χ2v) is 2.59. The van der Waals surface area contributed by atoms with Crippen LogP contribution in [-0.4, -0.2) is 12.7 Å². The van der Waals surface area contributed by atoms with E-state index in [9.17, 15) is 4.79 Å². The van der Waals surface area contributed by atoms with Crippen LogP contribution in [0.3, 0.4) is 0 Å². The van der Waals surface area contributed by atoms with Crippen LogP contribution in [0.15, 0.2) is 16.5 Å². The Hall–Kier alpha value is -1.45. The highest BCUT2D eigenvalue weighted by Gasteiger charge is 2.02. The van der Waals surface area contributed by atoms with Gasteiger partial charge in [-0.25, -0.2) is 4.79 Å². The summed E-state index contributed by atoms with van der Waals surface area (Å²) in [6.45, 7) is 4.36. The highest BCUT2D eigenvalue weighted by molar-refractivity contribution is 5.66. The van der Waals surface area contributed by atoms with E-state index in [1.54, 1.807) is 6.92 Å². The highest BCUT2D eigenvalue weighted by Crippen LogP contribution is 2.05. The molecule has 0 saturated heterocycles. The van der Waals surface area contributed by atoms with Crippen molar-refractivity contribution in [3.05, 3.63) is 23.7 Å². The van der Waals surface area contributed by atoms with Gasteiger partial charge in [0.2, 0.25) is 0 Å². The molecular weight excluding hydrogens is 170 g/mol. The Morgan fingerprint density at radius 2 is 2.38 bits per heavy atom. The molecule has 0 spiro atoms. The zero-order chi connectivity index (χ0) is 9.68. The van der Waals surface area contributed by atoms with Gasteiger partial charge in [0.15, 0.2) is 0 Å². The minimum atomic E-state index is -0.420. The van der Waals surface area contributed by atoms with E-state index >= 15 is 0 Å². The number of hydrogen-bond acceptors (Lipinski definition) is 3. The lowest BCUT2D eigenvalue weighted by Gasteiger charge is -2.02. The molecule has 0 fully saturated rings. The fraction of sp³-hybridized carbons (Fsp3) is 0.444. The van der Waals surface area contributed by atoms with Gasteiger partial charge in [-0.05, 0) is 26.0 Å². The minimum Gasteiger partial charge on any atom is -0.465 e. The molecule has 0 aromatic carbocycles. The van der Waals surface area contributed by atoms with E-state index in [4.69, 9.17) is 4.42 Å². The lowest BCUT2D eigenvalue weighted by atomic mass is 10.4. The first-order valence-electron chi connectivity index (χ1n) is 4.18. The molecular formula is C9H13NO3. The number of amides is 1. The maximum atomic E-state index is 10.8. The van der Waals surface area contributed by atoms with Crippen molar-refractivity contribution in [1.29, 1.82) is 0 Å². The Labute approximate surface area is 76.9 Å². The summed E-state index contributed by atoms with van der Waals surface area (Å²) in [5.74, 6) is 1.56. The third kappa shape index (κ3) is 3.19. The van der Waals surface area contributed by atoms with Crippen LogP contribution in [0.5, 0.6) is 0 Å². The van der Waals surface area contributed by atoms with Crippen molar-refractivity contribution in [3.63, 3.8) is 0 Å². The van der Waals surface area contributed by atoms with E-state index in [0.717, 1.165) is 11.5 Å². The first kappa shape index (κ1) is 9.64. The number of nitrogens with one attached hydrogen (secondary N) is 1. The van der Waals surface area contributed by atoms with Crippen LogP contribution in [0.4, 0.5) is 4.79 Å². The largest absolute Gasteiger partial charge is 0.465 e. The second kappa shape index (κ2) is 4.54. The number of ether oxygens (including phenoxy) is 1. The van der Waals surface area contributed by atoms with Crippen molar-refractivity contribution in [2.24, 2.45) is 0 Å². The second-order valence-electron chi connectivity index (χ2n) is 2.59. The first-order chi connectivity index (χ1) is 6.22. The van der Waals surface area contributed by atoms with Crippen molar-refractivity contribution in [3.8, 4) is 0 Å². The lowest BCUT2D eigenvalue weighted by molar-refractivity contribution is 0.151.